The smallest absolute Gasteiger partial charge is 0.243 e. The third-order valence-electron chi connectivity index (χ3n) is 3.29. The third kappa shape index (κ3) is 3.97. The summed E-state index contributed by atoms with van der Waals surface area (Å²) in [5.74, 6) is -0.288. The second kappa shape index (κ2) is 7.09. The minimum atomic E-state index is -3.53. The number of carbonyl (C=O) groups is 1. The highest BCUT2D eigenvalue weighted by molar-refractivity contribution is 9.09. The number of halogens is 2. The number of rotatable bonds is 4. The lowest BCUT2D eigenvalue weighted by Crippen LogP contribution is -2.35. The number of benzene rings is 1. The van der Waals surface area contributed by atoms with Gasteiger partial charge in [0.2, 0.25) is 15.9 Å². The predicted octanol–water partition coefficient (Wildman–Crippen LogP) is 2.85. The zero-order valence-electron chi connectivity index (χ0n) is 11.3. The molecule has 1 heterocycles. The molecule has 116 valence electrons. The van der Waals surface area contributed by atoms with Gasteiger partial charge in [-0.05, 0) is 31.0 Å². The highest BCUT2D eigenvalue weighted by atomic mass is 79.9. The molecule has 5 nitrogen and oxygen atoms in total. The predicted molar refractivity (Wildman–Crippen MR) is 86.5 cm³/mol. The normalized spacial score (nSPS) is 16.7. The number of sulfonamides is 1. The van der Waals surface area contributed by atoms with Gasteiger partial charge in [0.1, 0.15) is 0 Å². The molecule has 0 saturated carbocycles. The first kappa shape index (κ1) is 16.7. The summed E-state index contributed by atoms with van der Waals surface area (Å²) >= 11 is 9.03. The molecule has 0 unspecified atom stereocenters. The van der Waals surface area contributed by atoms with E-state index < -0.39 is 10.0 Å². The summed E-state index contributed by atoms with van der Waals surface area (Å²) < 4.78 is 26.6. The molecule has 1 aliphatic heterocycles. The van der Waals surface area contributed by atoms with Crippen molar-refractivity contribution >= 4 is 49.1 Å². The average Bonchev–Trinajstić information content (AvgIpc) is 2.50. The fourth-order valence-electron chi connectivity index (χ4n) is 2.20. The van der Waals surface area contributed by atoms with Crippen LogP contribution in [0.5, 0.6) is 0 Å². The quantitative estimate of drug-likeness (QED) is 0.797. The maximum absolute atomic E-state index is 12.6. The first-order chi connectivity index (χ1) is 9.95. The van der Waals surface area contributed by atoms with Crippen LogP contribution in [0.2, 0.25) is 5.02 Å². The monoisotopic (exact) mass is 394 g/mol. The molecule has 1 aromatic carbocycles. The van der Waals surface area contributed by atoms with Gasteiger partial charge < -0.3 is 5.32 Å². The average molecular weight is 396 g/mol. The van der Waals surface area contributed by atoms with Crippen LogP contribution < -0.4 is 5.32 Å². The van der Waals surface area contributed by atoms with E-state index in [0.29, 0.717) is 23.8 Å². The van der Waals surface area contributed by atoms with Crippen LogP contribution in [-0.2, 0) is 14.8 Å². The largest absolute Gasteiger partial charge is 0.324 e. The minimum absolute atomic E-state index is 0.117. The molecule has 0 bridgehead atoms. The maximum Gasteiger partial charge on any atom is 0.243 e. The summed E-state index contributed by atoms with van der Waals surface area (Å²) in [7, 11) is -3.53. The van der Waals surface area contributed by atoms with Crippen molar-refractivity contribution in [2.75, 3.05) is 23.7 Å². The third-order valence-corrected chi connectivity index (χ3v) is 6.02. The second-order valence-electron chi connectivity index (χ2n) is 4.79. The van der Waals surface area contributed by atoms with Gasteiger partial charge in [-0.1, -0.05) is 34.0 Å². The molecule has 2 rings (SSSR count). The van der Waals surface area contributed by atoms with E-state index in [1.165, 1.54) is 22.5 Å². The lowest BCUT2D eigenvalue weighted by molar-refractivity contribution is -0.113. The van der Waals surface area contributed by atoms with Crippen molar-refractivity contribution in [3.63, 3.8) is 0 Å². The van der Waals surface area contributed by atoms with E-state index in [9.17, 15) is 13.2 Å². The highest BCUT2D eigenvalue weighted by Crippen LogP contribution is 2.28. The van der Waals surface area contributed by atoms with Crippen molar-refractivity contribution in [3.8, 4) is 0 Å². The summed E-state index contributed by atoms with van der Waals surface area (Å²) in [5, 5.41) is 3.00. The molecule has 8 heteroatoms. The summed E-state index contributed by atoms with van der Waals surface area (Å²) in [6.07, 6.45) is 2.80. The van der Waals surface area contributed by atoms with Gasteiger partial charge in [0, 0.05) is 13.1 Å². The number of hydrogen-bond acceptors (Lipinski definition) is 3. The van der Waals surface area contributed by atoms with E-state index in [1.54, 1.807) is 0 Å². The zero-order valence-corrected chi connectivity index (χ0v) is 14.5. The molecule has 21 heavy (non-hydrogen) atoms. The molecule has 1 fully saturated rings. The molecule has 0 aromatic heterocycles. The van der Waals surface area contributed by atoms with Crippen LogP contribution in [-0.4, -0.2) is 37.0 Å². The van der Waals surface area contributed by atoms with Crippen LogP contribution in [0.3, 0.4) is 0 Å². The molecule has 0 spiro atoms. The van der Waals surface area contributed by atoms with Crippen molar-refractivity contribution in [2.45, 2.75) is 24.2 Å². The lowest BCUT2D eigenvalue weighted by Gasteiger charge is -2.26. The van der Waals surface area contributed by atoms with Crippen LogP contribution in [0.1, 0.15) is 19.3 Å². The molecular formula is C13H16BrClN2O3S. The van der Waals surface area contributed by atoms with Crippen LogP contribution >= 0.6 is 27.5 Å². The Bertz CT molecular complexity index is 630. The number of nitrogens with zero attached hydrogens (tertiary/aromatic N) is 1. The van der Waals surface area contributed by atoms with Gasteiger partial charge in [0.25, 0.3) is 0 Å². The Labute approximate surface area is 137 Å². The highest BCUT2D eigenvalue weighted by Gasteiger charge is 2.26. The van der Waals surface area contributed by atoms with Crippen molar-refractivity contribution in [1.29, 1.82) is 0 Å². The molecular weight excluding hydrogens is 380 g/mol. The Morgan fingerprint density at radius 1 is 1.29 bits per heavy atom. The number of anilines is 1. The Morgan fingerprint density at radius 2 is 1.95 bits per heavy atom. The maximum atomic E-state index is 12.6. The minimum Gasteiger partial charge on any atom is -0.324 e. The van der Waals surface area contributed by atoms with Gasteiger partial charge in [-0.3, -0.25) is 4.79 Å². The van der Waals surface area contributed by atoms with Crippen molar-refractivity contribution in [2.24, 2.45) is 0 Å². The number of carbonyl (C=O) groups excluding carboxylic acids is 1. The van der Waals surface area contributed by atoms with Gasteiger partial charge >= 0.3 is 0 Å². The summed E-state index contributed by atoms with van der Waals surface area (Å²) in [4.78, 5) is 11.6. The van der Waals surface area contributed by atoms with Gasteiger partial charge in [-0.15, -0.1) is 0 Å². The number of piperidine rings is 1. The fourth-order valence-corrected chi connectivity index (χ4v) is 4.05. The molecule has 0 radical (unpaired) electrons. The van der Waals surface area contributed by atoms with Gasteiger partial charge in [-0.25, -0.2) is 8.42 Å². The van der Waals surface area contributed by atoms with E-state index >= 15 is 0 Å². The molecule has 0 aliphatic carbocycles. The molecule has 1 aromatic rings. The van der Waals surface area contributed by atoms with E-state index in [4.69, 9.17) is 11.6 Å². The Morgan fingerprint density at radius 3 is 2.57 bits per heavy atom. The van der Waals surface area contributed by atoms with E-state index in [0.717, 1.165) is 19.3 Å². The molecule has 1 aliphatic rings. The van der Waals surface area contributed by atoms with Crippen LogP contribution in [0.25, 0.3) is 0 Å². The number of hydrogen-bond donors (Lipinski definition) is 1. The SMILES string of the molecule is O=C(CBr)Nc1cc(S(=O)(=O)N2CCCCC2)ccc1Cl. The van der Waals surface area contributed by atoms with Gasteiger partial charge in [0.15, 0.2) is 0 Å². The molecule has 1 amide bonds. The number of alkyl halides is 1. The van der Waals surface area contributed by atoms with Crippen molar-refractivity contribution in [3.05, 3.63) is 23.2 Å². The lowest BCUT2D eigenvalue weighted by atomic mass is 10.2. The topological polar surface area (TPSA) is 66.5 Å². The van der Waals surface area contributed by atoms with E-state index in [-0.39, 0.29) is 16.1 Å². The summed E-state index contributed by atoms with van der Waals surface area (Å²) in [6, 6.07) is 4.37. The van der Waals surface area contributed by atoms with Crippen LogP contribution in [0.15, 0.2) is 23.1 Å². The van der Waals surface area contributed by atoms with Crippen LogP contribution in [0, 0.1) is 0 Å². The first-order valence-corrected chi connectivity index (χ1v) is 9.54. The number of amides is 1. The molecule has 0 atom stereocenters. The number of nitrogens with one attached hydrogen (secondary N) is 1. The van der Waals surface area contributed by atoms with Crippen LogP contribution in [0.4, 0.5) is 5.69 Å². The molecule has 1 N–H and O–H groups in total. The van der Waals surface area contributed by atoms with Gasteiger partial charge in [-0.2, -0.15) is 4.31 Å². The molecule has 1 saturated heterocycles. The summed E-state index contributed by atoms with van der Waals surface area (Å²) in [5.41, 5.74) is 0.305. The van der Waals surface area contributed by atoms with E-state index in [1.807, 2.05) is 0 Å². The zero-order chi connectivity index (χ0) is 15.5. The summed E-state index contributed by atoms with van der Waals surface area (Å²) in [6.45, 7) is 1.07. The van der Waals surface area contributed by atoms with Crippen molar-refractivity contribution < 1.29 is 13.2 Å². The Hall–Kier alpha value is -0.630. The Balaban J connectivity index is 2.30. The second-order valence-corrected chi connectivity index (χ2v) is 7.69. The first-order valence-electron chi connectivity index (χ1n) is 6.60. The standard InChI is InChI=1S/C13H16BrClN2O3S/c14-9-13(18)16-12-8-10(4-5-11(12)15)21(19,20)17-6-2-1-3-7-17/h4-5,8H,1-3,6-7,9H2,(H,16,18). The van der Waals surface area contributed by atoms with Crippen molar-refractivity contribution in [1.82, 2.24) is 4.31 Å². The fraction of sp³-hybridized carbons (Fsp3) is 0.462. The van der Waals surface area contributed by atoms with E-state index in [2.05, 4.69) is 21.2 Å². The van der Waals surface area contributed by atoms with Gasteiger partial charge in [0.05, 0.1) is 20.9 Å². The Kier molecular flexibility index (Phi) is 5.65.